The Kier molecular flexibility index (Phi) is 6.53. The Morgan fingerprint density at radius 1 is 0.679 bits per heavy atom. The van der Waals surface area contributed by atoms with Gasteiger partial charge in [0.25, 0.3) is 0 Å². The van der Waals surface area contributed by atoms with Crippen molar-refractivity contribution in [3.8, 4) is 0 Å². The second kappa shape index (κ2) is 9.26. The van der Waals surface area contributed by atoms with Gasteiger partial charge in [0.1, 0.15) is 0 Å². The molecule has 7 heteroatoms. The monoisotopic (exact) mass is 413 g/mol. The summed E-state index contributed by atoms with van der Waals surface area (Å²) in [5, 5.41) is 9.13. The third-order valence-electron chi connectivity index (χ3n) is 3.81. The van der Waals surface area contributed by atoms with Gasteiger partial charge in [0, 0.05) is 17.1 Å². The molecule has 0 atom stereocenters. The fourth-order valence-electron chi connectivity index (χ4n) is 2.49. The first-order valence-electron chi connectivity index (χ1n) is 8.46. The SMILES string of the molecule is O=C(Cc1ccc(Cl)c(Cl)c1)Nc1ccc(NC(=O)Nc2ccccc2)cc1. The highest BCUT2D eigenvalue weighted by Gasteiger charge is 2.07. The first-order valence-corrected chi connectivity index (χ1v) is 9.22. The lowest BCUT2D eigenvalue weighted by Crippen LogP contribution is -2.19. The van der Waals surface area contributed by atoms with E-state index in [-0.39, 0.29) is 18.4 Å². The van der Waals surface area contributed by atoms with Gasteiger partial charge in [-0.2, -0.15) is 0 Å². The van der Waals surface area contributed by atoms with E-state index in [1.165, 1.54) is 0 Å². The maximum Gasteiger partial charge on any atom is 0.323 e. The number of urea groups is 1. The lowest BCUT2D eigenvalue weighted by molar-refractivity contribution is -0.115. The van der Waals surface area contributed by atoms with Gasteiger partial charge < -0.3 is 16.0 Å². The summed E-state index contributed by atoms with van der Waals surface area (Å²) in [6, 6.07) is 20.7. The number of rotatable bonds is 5. The molecule has 0 saturated carbocycles. The fourth-order valence-corrected chi connectivity index (χ4v) is 2.81. The fraction of sp³-hybridized carbons (Fsp3) is 0.0476. The van der Waals surface area contributed by atoms with Gasteiger partial charge in [-0.25, -0.2) is 4.79 Å². The molecule has 28 heavy (non-hydrogen) atoms. The molecule has 0 unspecified atom stereocenters. The van der Waals surface area contributed by atoms with E-state index in [4.69, 9.17) is 23.2 Å². The normalized spacial score (nSPS) is 10.2. The predicted molar refractivity (Wildman–Crippen MR) is 114 cm³/mol. The van der Waals surface area contributed by atoms with Crippen molar-refractivity contribution in [2.24, 2.45) is 0 Å². The van der Waals surface area contributed by atoms with Crippen LogP contribution in [0.4, 0.5) is 21.9 Å². The highest BCUT2D eigenvalue weighted by atomic mass is 35.5. The molecule has 3 amide bonds. The Labute approximate surface area is 172 Å². The lowest BCUT2D eigenvalue weighted by Gasteiger charge is -2.09. The number of hydrogen-bond donors (Lipinski definition) is 3. The van der Waals surface area contributed by atoms with Gasteiger partial charge in [0.2, 0.25) is 5.91 Å². The molecular weight excluding hydrogens is 397 g/mol. The van der Waals surface area contributed by atoms with Crippen LogP contribution in [0.3, 0.4) is 0 Å². The van der Waals surface area contributed by atoms with Gasteiger partial charge in [-0.1, -0.05) is 47.5 Å². The number of carbonyl (C=O) groups excluding carboxylic acids is 2. The number of amides is 3. The minimum Gasteiger partial charge on any atom is -0.326 e. The topological polar surface area (TPSA) is 70.2 Å². The van der Waals surface area contributed by atoms with Crippen LogP contribution >= 0.6 is 23.2 Å². The summed E-state index contributed by atoms with van der Waals surface area (Å²) >= 11 is 11.8. The third kappa shape index (κ3) is 5.74. The second-order valence-corrected chi connectivity index (χ2v) is 6.81. The molecule has 3 aromatic rings. The number of nitrogens with one attached hydrogen (secondary N) is 3. The van der Waals surface area contributed by atoms with Crippen molar-refractivity contribution in [2.75, 3.05) is 16.0 Å². The molecule has 0 spiro atoms. The molecular formula is C21H17Cl2N3O2. The van der Waals surface area contributed by atoms with Crippen molar-refractivity contribution in [2.45, 2.75) is 6.42 Å². The Hall–Kier alpha value is -3.02. The average Bonchev–Trinajstić information content (AvgIpc) is 2.67. The third-order valence-corrected chi connectivity index (χ3v) is 4.55. The van der Waals surface area contributed by atoms with E-state index in [1.54, 1.807) is 54.6 Å². The van der Waals surface area contributed by atoms with Gasteiger partial charge in [0.05, 0.1) is 16.5 Å². The maximum absolute atomic E-state index is 12.2. The molecule has 0 saturated heterocycles. The van der Waals surface area contributed by atoms with E-state index < -0.39 is 0 Å². The molecule has 3 aromatic carbocycles. The highest BCUT2D eigenvalue weighted by molar-refractivity contribution is 6.42. The van der Waals surface area contributed by atoms with Crippen molar-refractivity contribution in [1.29, 1.82) is 0 Å². The standard InChI is InChI=1S/C21H17Cl2N3O2/c22-18-11-6-14(12-19(18)23)13-20(27)24-16-7-9-17(10-8-16)26-21(28)25-15-4-2-1-3-5-15/h1-12H,13H2,(H,24,27)(H2,25,26,28). The summed E-state index contributed by atoms with van der Waals surface area (Å²) in [5.41, 5.74) is 2.70. The molecule has 5 nitrogen and oxygen atoms in total. The van der Waals surface area contributed by atoms with Gasteiger partial charge in [0.15, 0.2) is 0 Å². The van der Waals surface area contributed by atoms with Gasteiger partial charge in [-0.15, -0.1) is 0 Å². The van der Waals surface area contributed by atoms with Crippen LogP contribution in [0.15, 0.2) is 72.8 Å². The summed E-state index contributed by atoms with van der Waals surface area (Å²) in [6.45, 7) is 0. The van der Waals surface area contributed by atoms with E-state index in [0.717, 1.165) is 5.56 Å². The van der Waals surface area contributed by atoms with Crippen LogP contribution in [0.25, 0.3) is 0 Å². The number of carbonyl (C=O) groups is 2. The molecule has 3 rings (SSSR count). The van der Waals surface area contributed by atoms with Crippen LogP contribution in [0, 0.1) is 0 Å². The Bertz CT molecular complexity index is 977. The average molecular weight is 414 g/mol. The minimum absolute atomic E-state index is 0.177. The summed E-state index contributed by atoms with van der Waals surface area (Å²) < 4.78 is 0. The molecule has 0 aliphatic rings. The van der Waals surface area contributed by atoms with E-state index in [1.807, 2.05) is 18.2 Å². The number of para-hydroxylation sites is 1. The van der Waals surface area contributed by atoms with Gasteiger partial charge >= 0.3 is 6.03 Å². The van der Waals surface area contributed by atoms with Crippen molar-refractivity contribution in [3.63, 3.8) is 0 Å². The number of benzene rings is 3. The second-order valence-electron chi connectivity index (χ2n) is 6.00. The van der Waals surface area contributed by atoms with Crippen molar-refractivity contribution in [3.05, 3.63) is 88.4 Å². The smallest absolute Gasteiger partial charge is 0.323 e. The Balaban J connectivity index is 1.52. The predicted octanol–water partition coefficient (Wildman–Crippen LogP) is 5.82. The lowest BCUT2D eigenvalue weighted by atomic mass is 10.1. The zero-order valence-electron chi connectivity index (χ0n) is 14.7. The quantitative estimate of drug-likeness (QED) is 0.493. The van der Waals surface area contributed by atoms with E-state index in [9.17, 15) is 9.59 Å². The Morgan fingerprint density at radius 3 is 1.86 bits per heavy atom. The molecule has 0 aliphatic heterocycles. The summed E-state index contributed by atoms with van der Waals surface area (Å²) in [5.74, 6) is -0.180. The zero-order chi connectivity index (χ0) is 19.9. The molecule has 0 aromatic heterocycles. The van der Waals surface area contributed by atoms with Crippen LogP contribution in [0.5, 0.6) is 0 Å². The van der Waals surface area contributed by atoms with E-state index in [2.05, 4.69) is 16.0 Å². The van der Waals surface area contributed by atoms with Gasteiger partial charge in [-0.05, 0) is 54.1 Å². The molecule has 142 valence electrons. The van der Waals surface area contributed by atoms with Crippen molar-refractivity contribution < 1.29 is 9.59 Å². The number of anilines is 3. The van der Waals surface area contributed by atoms with Crippen LogP contribution < -0.4 is 16.0 Å². The van der Waals surface area contributed by atoms with Crippen LogP contribution in [-0.4, -0.2) is 11.9 Å². The maximum atomic E-state index is 12.2. The van der Waals surface area contributed by atoms with Crippen molar-refractivity contribution in [1.82, 2.24) is 0 Å². The molecule has 0 radical (unpaired) electrons. The number of hydrogen-bond acceptors (Lipinski definition) is 2. The first-order chi connectivity index (χ1) is 13.5. The minimum atomic E-state index is -0.345. The van der Waals surface area contributed by atoms with Gasteiger partial charge in [-0.3, -0.25) is 4.79 Å². The summed E-state index contributed by atoms with van der Waals surface area (Å²) in [6.07, 6.45) is 0.177. The largest absolute Gasteiger partial charge is 0.326 e. The molecule has 0 heterocycles. The van der Waals surface area contributed by atoms with Crippen LogP contribution in [0.2, 0.25) is 10.0 Å². The highest BCUT2D eigenvalue weighted by Crippen LogP contribution is 2.23. The summed E-state index contributed by atoms with van der Waals surface area (Å²) in [4.78, 5) is 24.2. The molecule has 0 aliphatic carbocycles. The first kappa shape index (κ1) is 19.7. The zero-order valence-corrected chi connectivity index (χ0v) is 16.2. The molecule has 3 N–H and O–H groups in total. The summed E-state index contributed by atoms with van der Waals surface area (Å²) in [7, 11) is 0. The van der Waals surface area contributed by atoms with Crippen LogP contribution in [-0.2, 0) is 11.2 Å². The van der Waals surface area contributed by atoms with Crippen LogP contribution in [0.1, 0.15) is 5.56 Å². The van der Waals surface area contributed by atoms with E-state index in [0.29, 0.717) is 27.1 Å². The van der Waals surface area contributed by atoms with Crippen molar-refractivity contribution >= 4 is 52.2 Å². The Morgan fingerprint density at radius 2 is 1.25 bits per heavy atom. The molecule has 0 fully saturated rings. The number of halogens is 2. The van der Waals surface area contributed by atoms with E-state index >= 15 is 0 Å². The molecule has 0 bridgehead atoms.